The number of carbonyl (C=O) groups excluding carboxylic acids is 1. The molecule has 22 heavy (non-hydrogen) atoms. The van der Waals surface area contributed by atoms with Gasteiger partial charge in [-0.1, -0.05) is 27.2 Å². The van der Waals surface area contributed by atoms with E-state index in [2.05, 4.69) is 20.8 Å². The Kier molecular flexibility index (Phi) is 3.32. The normalized spacial score (nSPS) is 57.9. The van der Waals surface area contributed by atoms with Crippen molar-refractivity contribution in [2.75, 3.05) is 0 Å². The lowest BCUT2D eigenvalue weighted by Gasteiger charge is -2.61. The number of fused-ring (bicyclic) bond motifs is 5. The van der Waals surface area contributed by atoms with Gasteiger partial charge in [0, 0.05) is 12.3 Å². The fraction of sp³-hybridized carbons (Fsp3) is 0.950. The van der Waals surface area contributed by atoms with Crippen molar-refractivity contribution in [3.63, 3.8) is 0 Å². The molecule has 4 saturated carbocycles. The second-order valence-electron chi connectivity index (χ2n) is 9.66. The van der Waals surface area contributed by atoms with E-state index in [-0.39, 0.29) is 12.0 Å². The highest BCUT2D eigenvalue weighted by molar-refractivity contribution is 5.82. The smallest absolute Gasteiger partial charge is 0.136 e. The van der Waals surface area contributed by atoms with Gasteiger partial charge >= 0.3 is 0 Å². The number of aliphatic hydroxyl groups excluding tert-OH is 1. The van der Waals surface area contributed by atoms with Crippen LogP contribution in [0.25, 0.3) is 0 Å². The summed E-state index contributed by atoms with van der Waals surface area (Å²) in [4.78, 5) is 12.2. The highest BCUT2D eigenvalue weighted by atomic mass is 16.3. The summed E-state index contributed by atoms with van der Waals surface area (Å²) in [6.45, 7) is 7.07. The van der Waals surface area contributed by atoms with E-state index in [1.165, 1.54) is 32.1 Å². The summed E-state index contributed by atoms with van der Waals surface area (Å²) in [5.41, 5.74) is 0.780. The van der Waals surface area contributed by atoms with Gasteiger partial charge in [-0.05, 0) is 73.0 Å². The summed E-state index contributed by atoms with van der Waals surface area (Å²) in [6.07, 6.45) is 9.17. The Bertz CT molecular complexity index is 486. The minimum absolute atomic E-state index is 0.160. The minimum atomic E-state index is -0.160. The summed E-state index contributed by atoms with van der Waals surface area (Å²) in [7, 11) is 0. The van der Waals surface area contributed by atoms with Crippen molar-refractivity contribution in [3.8, 4) is 0 Å². The van der Waals surface area contributed by atoms with Gasteiger partial charge in [-0.15, -0.1) is 0 Å². The standard InChI is InChI=1S/C20H32O2/c1-12-11-20(3)13(9-16(12)21)10-17(22)18-14-5-4-7-19(14,2)8-6-15(18)20/h12-15,17-18,22H,4-11H2,1-3H3/t12-,13-,14+,15+,17+,18+,19+,20+/m1/s1. The van der Waals surface area contributed by atoms with Gasteiger partial charge in [0.05, 0.1) is 6.10 Å². The van der Waals surface area contributed by atoms with Gasteiger partial charge in [0.2, 0.25) is 0 Å². The van der Waals surface area contributed by atoms with E-state index in [4.69, 9.17) is 0 Å². The second kappa shape index (κ2) is 4.82. The van der Waals surface area contributed by atoms with Crippen molar-refractivity contribution in [1.82, 2.24) is 0 Å². The van der Waals surface area contributed by atoms with Gasteiger partial charge in [0.15, 0.2) is 0 Å². The van der Waals surface area contributed by atoms with Crippen LogP contribution >= 0.6 is 0 Å². The molecule has 4 rings (SSSR count). The lowest BCUT2D eigenvalue weighted by atomic mass is 9.44. The molecule has 0 aromatic heterocycles. The summed E-state index contributed by atoms with van der Waals surface area (Å²) in [6, 6.07) is 0. The summed E-state index contributed by atoms with van der Waals surface area (Å²) in [5, 5.41) is 11.0. The molecule has 4 fully saturated rings. The topological polar surface area (TPSA) is 37.3 Å². The monoisotopic (exact) mass is 304 g/mol. The van der Waals surface area contributed by atoms with E-state index in [0.717, 1.165) is 25.2 Å². The molecule has 0 bridgehead atoms. The van der Waals surface area contributed by atoms with Crippen LogP contribution < -0.4 is 0 Å². The molecule has 8 atom stereocenters. The number of ketones is 1. The number of carbonyl (C=O) groups is 1. The van der Waals surface area contributed by atoms with Crippen LogP contribution in [-0.2, 0) is 4.79 Å². The van der Waals surface area contributed by atoms with Crippen molar-refractivity contribution in [1.29, 1.82) is 0 Å². The van der Waals surface area contributed by atoms with Gasteiger partial charge in [-0.25, -0.2) is 0 Å². The molecule has 0 heterocycles. The van der Waals surface area contributed by atoms with Crippen LogP contribution in [0, 0.1) is 40.4 Å². The average Bonchev–Trinajstić information content (AvgIpc) is 2.84. The molecule has 0 spiro atoms. The summed E-state index contributed by atoms with van der Waals surface area (Å²) in [5.74, 6) is 2.98. The molecule has 1 N–H and O–H groups in total. The number of Topliss-reactive ketones (excluding diaryl/α,β-unsaturated/α-hetero) is 1. The Balaban J connectivity index is 1.69. The summed E-state index contributed by atoms with van der Waals surface area (Å²) >= 11 is 0. The van der Waals surface area contributed by atoms with Crippen molar-refractivity contribution in [2.45, 2.75) is 78.2 Å². The molecular weight excluding hydrogens is 272 g/mol. The zero-order valence-corrected chi connectivity index (χ0v) is 14.5. The quantitative estimate of drug-likeness (QED) is 0.728. The maximum atomic E-state index is 12.2. The van der Waals surface area contributed by atoms with E-state index < -0.39 is 0 Å². The summed E-state index contributed by atoms with van der Waals surface area (Å²) < 4.78 is 0. The van der Waals surface area contributed by atoms with Crippen LogP contribution in [0.5, 0.6) is 0 Å². The van der Waals surface area contributed by atoms with Crippen LogP contribution in [-0.4, -0.2) is 17.0 Å². The highest BCUT2D eigenvalue weighted by Crippen LogP contribution is 2.66. The molecule has 2 heteroatoms. The third kappa shape index (κ3) is 1.92. The Labute approximate surface area is 135 Å². The average molecular weight is 304 g/mol. The van der Waals surface area contributed by atoms with Crippen LogP contribution in [0.1, 0.15) is 72.1 Å². The predicted molar refractivity (Wildman–Crippen MR) is 87.3 cm³/mol. The fourth-order valence-corrected chi connectivity index (χ4v) is 7.36. The molecule has 0 radical (unpaired) electrons. The zero-order valence-electron chi connectivity index (χ0n) is 14.5. The predicted octanol–water partition coefficient (Wildman–Crippen LogP) is 4.21. The first kappa shape index (κ1) is 15.2. The van der Waals surface area contributed by atoms with E-state index in [1.54, 1.807) is 0 Å². The van der Waals surface area contributed by atoms with Crippen LogP contribution in [0.3, 0.4) is 0 Å². The molecule has 4 aliphatic carbocycles. The van der Waals surface area contributed by atoms with Gasteiger partial charge in [0.1, 0.15) is 5.78 Å². The maximum absolute atomic E-state index is 12.2. The number of hydrogen-bond acceptors (Lipinski definition) is 2. The molecule has 4 aliphatic rings. The van der Waals surface area contributed by atoms with Gasteiger partial charge in [-0.3, -0.25) is 4.79 Å². The first-order valence-electron chi connectivity index (χ1n) is 9.56. The van der Waals surface area contributed by atoms with Crippen molar-refractivity contribution >= 4 is 5.78 Å². The Morgan fingerprint density at radius 2 is 1.91 bits per heavy atom. The van der Waals surface area contributed by atoms with Gasteiger partial charge in [0.25, 0.3) is 0 Å². The Hall–Kier alpha value is -0.370. The van der Waals surface area contributed by atoms with Crippen LogP contribution in [0.2, 0.25) is 0 Å². The molecular formula is C20H32O2. The second-order valence-corrected chi connectivity index (χ2v) is 9.66. The first-order valence-corrected chi connectivity index (χ1v) is 9.56. The first-order chi connectivity index (χ1) is 10.3. The third-order valence-corrected chi connectivity index (χ3v) is 8.61. The number of aliphatic hydroxyl groups is 1. The highest BCUT2D eigenvalue weighted by Gasteiger charge is 2.61. The molecule has 0 aliphatic heterocycles. The van der Waals surface area contributed by atoms with Crippen molar-refractivity contribution in [2.24, 2.45) is 40.4 Å². The zero-order chi connectivity index (χ0) is 15.7. The maximum Gasteiger partial charge on any atom is 0.136 e. The van der Waals surface area contributed by atoms with E-state index in [9.17, 15) is 9.90 Å². The van der Waals surface area contributed by atoms with Crippen molar-refractivity contribution in [3.05, 3.63) is 0 Å². The number of rotatable bonds is 0. The van der Waals surface area contributed by atoms with Gasteiger partial charge < -0.3 is 5.11 Å². The van der Waals surface area contributed by atoms with E-state index in [1.807, 2.05) is 0 Å². The fourth-order valence-electron chi connectivity index (χ4n) is 7.36. The van der Waals surface area contributed by atoms with Crippen LogP contribution in [0.15, 0.2) is 0 Å². The molecule has 0 aromatic carbocycles. The van der Waals surface area contributed by atoms with Crippen LogP contribution in [0.4, 0.5) is 0 Å². The Morgan fingerprint density at radius 3 is 2.68 bits per heavy atom. The lowest BCUT2D eigenvalue weighted by Crippen LogP contribution is -2.58. The largest absolute Gasteiger partial charge is 0.393 e. The molecule has 0 unspecified atom stereocenters. The molecule has 0 amide bonds. The minimum Gasteiger partial charge on any atom is -0.393 e. The molecule has 124 valence electrons. The number of hydrogen-bond donors (Lipinski definition) is 1. The van der Waals surface area contributed by atoms with E-state index in [0.29, 0.717) is 34.4 Å². The third-order valence-electron chi connectivity index (χ3n) is 8.61. The van der Waals surface area contributed by atoms with Gasteiger partial charge in [-0.2, -0.15) is 0 Å². The molecule has 0 saturated heterocycles. The molecule has 0 aromatic rings. The SMILES string of the molecule is C[C@@H]1C[C@@]2(C)[C@H](CC1=O)C[C@H](O)[C@H]1[C@@H]3CCC[C@@]3(C)CC[C@@H]12. The van der Waals surface area contributed by atoms with E-state index >= 15 is 0 Å². The molecule has 2 nitrogen and oxygen atoms in total. The Morgan fingerprint density at radius 1 is 1.14 bits per heavy atom. The van der Waals surface area contributed by atoms with Crippen molar-refractivity contribution < 1.29 is 9.90 Å². The lowest BCUT2D eigenvalue weighted by molar-refractivity contribution is -0.169.